The Bertz CT molecular complexity index is 999. The van der Waals surface area contributed by atoms with Crippen LogP contribution in [0, 0.1) is 6.92 Å². The van der Waals surface area contributed by atoms with Gasteiger partial charge in [-0.2, -0.15) is 0 Å². The first-order valence-corrected chi connectivity index (χ1v) is 11.2. The number of benzene rings is 2. The van der Waals surface area contributed by atoms with Crippen LogP contribution in [-0.2, 0) is 17.6 Å². The van der Waals surface area contributed by atoms with E-state index in [0.717, 1.165) is 47.9 Å². The topological polar surface area (TPSA) is 36.4 Å². The lowest BCUT2D eigenvalue weighted by atomic mass is 10.0. The molecule has 0 aliphatic carbocycles. The summed E-state index contributed by atoms with van der Waals surface area (Å²) in [7, 11) is 4.11. The number of nitrogens with zero attached hydrogens (tertiary/aromatic N) is 3. The van der Waals surface area contributed by atoms with E-state index in [0.29, 0.717) is 12.5 Å². The summed E-state index contributed by atoms with van der Waals surface area (Å²) in [4.78, 5) is 23.1. The van der Waals surface area contributed by atoms with E-state index in [4.69, 9.17) is 4.98 Å². The predicted octanol–water partition coefficient (Wildman–Crippen LogP) is 4.29. The van der Waals surface area contributed by atoms with Gasteiger partial charge in [-0.3, -0.25) is 4.79 Å². The SMILES string of the molecule is Cc1nc(Cc2cccc3ccccc23)sc1CC(=O)N(C)C1CCN(C)CC1. The summed E-state index contributed by atoms with van der Waals surface area (Å²) in [6.45, 7) is 4.16. The van der Waals surface area contributed by atoms with E-state index in [2.05, 4.69) is 54.4 Å². The molecule has 0 spiro atoms. The standard InChI is InChI=1S/C24H29N3OS/c1-17-22(16-24(28)27(3)20-11-13-26(2)14-12-20)29-23(25-17)15-19-9-6-8-18-7-4-5-10-21(18)19/h4-10,20H,11-16H2,1-3H3. The van der Waals surface area contributed by atoms with Gasteiger partial charge in [-0.1, -0.05) is 42.5 Å². The molecule has 0 radical (unpaired) electrons. The summed E-state index contributed by atoms with van der Waals surface area (Å²) in [6.07, 6.45) is 3.40. The van der Waals surface area contributed by atoms with Gasteiger partial charge in [0.15, 0.2) is 0 Å². The molecule has 1 aliphatic rings. The normalized spacial score (nSPS) is 15.7. The average Bonchev–Trinajstić information content (AvgIpc) is 3.07. The van der Waals surface area contributed by atoms with Crippen molar-refractivity contribution in [3.05, 3.63) is 63.6 Å². The van der Waals surface area contributed by atoms with Crippen LogP contribution >= 0.6 is 11.3 Å². The van der Waals surface area contributed by atoms with Gasteiger partial charge >= 0.3 is 0 Å². The van der Waals surface area contributed by atoms with Gasteiger partial charge in [0.2, 0.25) is 5.91 Å². The van der Waals surface area contributed by atoms with Crippen LogP contribution in [0.4, 0.5) is 0 Å². The number of hydrogen-bond donors (Lipinski definition) is 0. The van der Waals surface area contributed by atoms with Crippen molar-refractivity contribution < 1.29 is 4.79 Å². The lowest BCUT2D eigenvalue weighted by Gasteiger charge is -2.35. The summed E-state index contributed by atoms with van der Waals surface area (Å²) in [5.74, 6) is 0.211. The molecule has 5 heteroatoms. The van der Waals surface area contributed by atoms with Gasteiger partial charge in [0, 0.05) is 24.4 Å². The summed E-state index contributed by atoms with van der Waals surface area (Å²) < 4.78 is 0. The molecule has 0 unspecified atom stereocenters. The van der Waals surface area contributed by atoms with Crippen LogP contribution in [0.3, 0.4) is 0 Å². The van der Waals surface area contributed by atoms with E-state index in [9.17, 15) is 4.79 Å². The molecule has 1 amide bonds. The van der Waals surface area contributed by atoms with Crippen LogP contribution in [0.15, 0.2) is 42.5 Å². The number of hydrogen-bond acceptors (Lipinski definition) is 4. The second-order valence-electron chi connectivity index (χ2n) is 8.15. The lowest BCUT2D eigenvalue weighted by molar-refractivity contribution is -0.132. The van der Waals surface area contributed by atoms with Crippen LogP contribution in [0.2, 0.25) is 0 Å². The molecular formula is C24H29N3OS. The molecule has 0 bridgehead atoms. The van der Waals surface area contributed by atoms with Gasteiger partial charge in [0.25, 0.3) is 0 Å². The fourth-order valence-corrected chi connectivity index (χ4v) is 5.27. The zero-order valence-electron chi connectivity index (χ0n) is 17.5. The average molecular weight is 408 g/mol. The molecule has 1 aliphatic heterocycles. The molecule has 1 saturated heterocycles. The largest absolute Gasteiger partial charge is 0.342 e. The maximum absolute atomic E-state index is 12.9. The number of carbonyl (C=O) groups is 1. The number of amides is 1. The molecule has 2 heterocycles. The van der Waals surface area contributed by atoms with Crippen LogP contribution < -0.4 is 0 Å². The quantitative estimate of drug-likeness (QED) is 0.633. The van der Waals surface area contributed by atoms with Gasteiger partial charge in [-0.05, 0) is 56.2 Å². The van der Waals surface area contributed by atoms with E-state index in [1.807, 2.05) is 18.9 Å². The van der Waals surface area contributed by atoms with Crippen molar-refractivity contribution in [1.82, 2.24) is 14.8 Å². The van der Waals surface area contributed by atoms with Gasteiger partial charge in [-0.25, -0.2) is 4.98 Å². The van der Waals surface area contributed by atoms with Crippen molar-refractivity contribution in [1.29, 1.82) is 0 Å². The monoisotopic (exact) mass is 407 g/mol. The van der Waals surface area contributed by atoms with Crippen LogP contribution in [0.25, 0.3) is 10.8 Å². The number of likely N-dealkylation sites (N-methyl/N-ethyl adjacent to an activating group) is 1. The minimum atomic E-state index is 0.211. The summed E-state index contributed by atoms with van der Waals surface area (Å²) >= 11 is 1.69. The minimum Gasteiger partial charge on any atom is -0.342 e. The fourth-order valence-electron chi connectivity index (χ4n) is 4.19. The highest BCUT2D eigenvalue weighted by atomic mass is 32.1. The van der Waals surface area contributed by atoms with Crippen molar-refractivity contribution in [3.63, 3.8) is 0 Å². The Morgan fingerprint density at radius 3 is 2.69 bits per heavy atom. The first kappa shape index (κ1) is 20.0. The maximum Gasteiger partial charge on any atom is 0.227 e. The highest BCUT2D eigenvalue weighted by molar-refractivity contribution is 7.11. The fraction of sp³-hybridized carbons (Fsp3) is 0.417. The third-order valence-corrected chi connectivity index (χ3v) is 7.26. The third kappa shape index (κ3) is 4.51. The number of piperidine rings is 1. The lowest BCUT2D eigenvalue weighted by Crippen LogP contribution is -2.44. The smallest absolute Gasteiger partial charge is 0.227 e. The number of thiazole rings is 1. The molecule has 4 nitrogen and oxygen atoms in total. The van der Waals surface area contributed by atoms with E-state index >= 15 is 0 Å². The van der Waals surface area contributed by atoms with Crippen LogP contribution in [0.5, 0.6) is 0 Å². The van der Waals surface area contributed by atoms with Crippen molar-refractivity contribution in [2.24, 2.45) is 0 Å². The Morgan fingerprint density at radius 1 is 1.17 bits per heavy atom. The van der Waals surface area contributed by atoms with Gasteiger partial charge in [-0.15, -0.1) is 11.3 Å². The predicted molar refractivity (Wildman–Crippen MR) is 121 cm³/mol. The van der Waals surface area contributed by atoms with Gasteiger partial charge < -0.3 is 9.80 Å². The van der Waals surface area contributed by atoms with Crippen LogP contribution in [0.1, 0.15) is 34.0 Å². The second-order valence-corrected chi connectivity index (χ2v) is 9.32. The Labute approximate surface area is 177 Å². The molecule has 1 fully saturated rings. The summed E-state index contributed by atoms with van der Waals surface area (Å²) in [5.41, 5.74) is 2.29. The van der Waals surface area contributed by atoms with E-state index < -0.39 is 0 Å². The van der Waals surface area contributed by atoms with Crippen molar-refractivity contribution in [2.45, 2.75) is 38.6 Å². The zero-order chi connectivity index (χ0) is 20.4. The molecule has 0 N–H and O–H groups in total. The molecule has 0 atom stereocenters. The van der Waals surface area contributed by atoms with Crippen molar-refractivity contribution in [2.75, 3.05) is 27.2 Å². The molecule has 2 aromatic carbocycles. The van der Waals surface area contributed by atoms with E-state index in [1.54, 1.807) is 11.3 Å². The Hall–Kier alpha value is -2.24. The minimum absolute atomic E-state index is 0.211. The molecule has 0 saturated carbocycles. The maximum atomic E-state index is 12.9. The molecule has 4 rings (SSSR count). The van der Waals surface area contributed by atoms with Crippen molar-refractivity contribution >= 4 is 28.0 Å². The Balaban J connectivity index is 1.46. The first-order valence-electron chi connectivity index (χ1n) is 10.4. The molecule has 3 aromatic rings. The molecule has 29 heavy (non-hydrogen) atoms. The highest BCUT2D eigenvalue weighted by Crippen LogP contribution is 2.26. The Morgan fingerprint density at radius 2 is 1.90 bits per heavy atom. The van der Waals surface area contributed by atoms with E-state index in [-0.39, 0.29) is 5.91 Å². The zero-order valence-corrected chi connectivity index (χ0v) is 18.3. The second kappa shape index (κ2) is 8.64. The summed E-state index contributed by atoms with van der Waals surface area (Å²) in [5, 5.41) is 3.62. The molecular weight excluding hydrogens is 378 g/mol. The first-order chi connectivity index (χ1) is 14.0. The number of rotatable bonds is 5. The van der Waals surface area contributed by atoms with Gasteiger partial charge in [0.05, 0.1) is 17.1 Å². The van der Waals surface area contributed by atoms with Crippen molar-refractivity contribution in [3.8, 4) is 0 Å². The number of fused-ring (bicyclic) bond motifs is 1. The molecule has 1 aromatic heterocycles. The number of aromatic nitrogens is 1. The third-order valence-electron chi connectivity index (χ3n) is 6.10. The Kier molecular flexibility index (Phi) is 5.97. The highest BCUT2D eigenvalue weighted by Gasteiger charge is 2.25. The number of aryl methyl sites for hydroxylation is 1. The molecule has 152 valence electrons. The van der Waals surface area contributed by atoms with E-state index in [1.165, 1.54) is 16.3 Å². The summed E-state index contributed by atoms with van der Waals surface area (Å²) in [6, 6.07) is 15.3. The number of likely N-dealkylation sites (tertiary alicyclic amines) is 1. The number of carbonyl (C=O) groups excluding carboxylic acids is 1. The van der Waals surface area contributed by atoms with Crippen LogP contribution in [-0.4, -0.2) is 53.9 Å². The van der Waals surface area contributed by atoms with Gasteiger partial charge in [0.1, 0.15) is 0 Å².